The van der Waals surface area contributed by atoms with Gasteiger partial charge in [0.05, 0.1) is 0 Å². The molecule has 0 aliphatic carbocycles. The van der Waals surface area contributed by atoms with E-state index in [9.17, 15) is 14.0 Å². The van der Waals surface area contributed by atoms with Crippen molar-refractivity contribution in [2.75, 3.05) is 0 Å². The lowest BCUT2D eigenvalue weighted by Crippen LogP contribution is -2.49. The third-order valence-corrected chi connectivity index (χ3v) is 3.64. The van der Waals surface area contributed by atoms with Crippen LogP contribution in [0.3, 0.4) is 0 Å². The summed E-state index contributed by atoms with van der Waals surface area (Å²) < 4.78 is 13.9. The second kappa shape index (κ2) is 7.38. The van der Waals surface area contributed by atoms with Crippen molar-refractivity contribution in [1.29, 1.82) is 0 Å². The zero-order valence-corrected chi connectivity index (χ0v) is 14.2. The zero-order valence-electron chi connectivity index (χ0n) is 14.2. The molecular weight excluding hydrogens is 283 g/mol. The average Bonchev–Trinajstić information content (AvgIpc) is 2.40. The number of carbonyl (C=O) groups is 2. The molecule has 0 atom stereocenters. The summed E-state index contributed by atoms with van der Waals surface area (Å²) in [5.74, 6) is -1.67. The van der Waals surface area contributed by atoms with Crippen molar-refractivity contribution >= 4 is 11.8 Å². The molecule has 122 valence electrons. The van der Waals surface area contributed by atoms with Crippen LogP contribution in [-0.2, 0) is 16.1 Å². The normalized spacial score (nSPS) is 11.0. The van der Waals surface area contributed by atoms with Crippen LogP contribution in [-0.4, -0.2) is 28.8 Å². The molecule has 22 heavy (non-hydrogen) atoms. The Kier molecular flexibility index (Phi) is 6.09. The van der Waals surface area contributed by atoms with E-state index < -0.39 is 11.8 Å². The summed E-state index contributed by atoms with van der Waals surface area (Å²) in [6.07, 6.45) is 0. The van der Waals surface area contributed by atoms with Crippen molar-refractivity contribution in [3.05, 3.63) is 34.6 Å². The van der Waals surface area contributed by atoms with Gasteiger partial charge in [0.15, 0.2) is 0 Å². The van der Waals surface area contributed by atoms with Gasteiger partial charge in [0, 0.05) is 24.2 Å². The van der Waals surface area contributed by atoms with Crippen LogP contribution in [0.4, 0.5) is 4.39 Å². The molecule has 4 nitrogen and oxygen atoms in total. The number of rotatable bonds is 4. The van der Waals surface area contributed by atoms with Crippen LogP contribution >= 0.6 is 0 Å². The molecule has 1 N–H and O–H groups in total. The lowest BCUT2D eigenvalue weighted by atomic mass is 10.1. The minimum Gasteiger partial charge on any atom is -0.344 e. The number of benzene rings is 1. The van der Waals surface area contributed by atoms with E-state index >= 15 is 0 Å². The highest BCUT2D eigenvalue weighted by Crippen LogP contribution is 2.14. The predicted octanol–water partition coefficient (Wildman–Crippen LogP) is 2.70. The number of hydrogen-bond donors (Lipinski definition) is 1. The van der Waals surface area contributed by atoms with Crippen molar-refractivity contribution in [3.8, 4) is 0 Å². The minimum atomic E-state index is -0.708. The van der Waals surface area contributed by atoms with Gasteiger partial charge in [0.1, 0.15) is 5.82 Å². The van der Waals surface area contributed by atoms with Crippen molar-refractivity contribution in [2.45, 2.75) is 60.2 Å². The molecule has 0 unspecified atom stereocenters. The Morgan fingerprint density at radius 2 is 1.59 bits per heavy atom. The van der Waals surface area contributed by atoms with E-state index in [0.717, 1.165) is 11.1 Å². The third-order valence-electron chi connectivity index (χ3n) is 3.64. The monoisotopic (exact) mass is 308 g/mol. The van der Waals surface area contributed by atoms with E-state index in [0.29, 0.717) is 5.56 Å². The Bertz CT molecular complexity index is 560. The number of amides is 2. The highest BCUT2D eigenvalue weighted by molar-refractivity contribution is 6.35. The molecule has 0 aliphatic rings. The van der Waals surface area contributed by atoms with E-state index in [-0.39, 0.29) is 24.4 Å². The molecule has 0 bridgehead atoms. The molecular formula is C17H25FN2O2. The van der Waals surface area contributed by atoms with Crippen LogP contribution in [0.15, 0.2) is 12.1 Å². The predicted molar refractivity (Wildman–Crippen MR) is 84.8 cm³/mol. The minimum absolute atomic E-state index is 0.00154. The molecule has 0 aromatic heterocycles. The first-order valence-electron chi connectivity index (χ1n) is 7.51. The lowest BCUT2D eigenvalue weighted by molar-refractivity contribution is -0.148. The van der Waals surface area contributed by atoms with Gasteiger partial charge in [-0.15, -0.1) is 0 Å². The number of carbonyl (C=O) groups excluding carboxylic acids is 2. The van der Waals surface area contributed by atoms with Gasteiger partial charge in [-0.05, 0) is 58.7 Å². The van der Waals surface area contributed by atoms with Crippen LogP contribution < -0.4 is 5.32 Å². The molecule has 0 heterocycles. The molecule has 0 saturated carbocycles. The maximum absolute atomic E-state index is 13.9. The third kappa shape index (κ3) is 4.29. The van der Waals surface area contributed by atoms with Crippen molar-refractivity contribution in [2.24, 2.45) is 0 Å². The maximum atomic E-state index is 13.9. The average molecular weight is 308 g/mol. The SMILES string of the molecule is Cc1cc(F)c(CNC(=O)C(=O)N(C(C)C)C(C)C)cc1C. The highest BCUT2D eigenvalue weighted by atomic mass is 19.1. The molecule has 0 fully saturated rings. The van der Waals surface area contributed by atoms with E-state index in [2.05, 4.69) is 5.32 Å². The summed E-state index contributed by atoms with van der Waals surface area (Å²) >= 11 is 0. The first-order chi connectivity index (χ1) is 10.1. The van der Waals surface area contributed by atoms with Gasteiger partial charge in [-0.3, -0.25) is 9.59 Å². The van der Waals surface area contributed by atoms with Gasteiger partial charge < -0.3 is 10.2 Å². The maximum Gasteiger partial charge on any atom is 0.312 e. The van der Waals surface area contributed by atoms with E-state index in [4.69, 9.17) is 0 Å². The summed E-state index contributed by atoms with van der Waals surface area (Å²) in [5, 5.41) is 2.51. The van der Waals surface area contributed by atoms with Gasteiger partial charge in [0.2, 0.25) is 0 Å². The summed E-state index contributed by atoms with van der Waals surface area (Å²) in [7, 11) is 0. The van der Waals surface area contributed by atoms with Gasteiger partial charge in [-0.1, -0.05) is 6.07 Å². The molecule has 0 radical (unpaired) electrons. The number of hydrogen-bond acceptors (Lipinski definition) is 2. The Hall–Kier alpha value is -1.91. The number of nitrogens with one attached hydrogen (secondary N) is 1. The molecule has 1 rings (SSSR count). The summed E-state index contributed by atoms with van der Waals surface area (Å²) in [5.41, 5.74) is 2.18. The Morgan fingerprint density at radius 1 is 1.09 bits per heavy atom. The smallest absolute Gasteiger partial charge is 0.312 e. The second-order valence-corrected chi connectivity index (χ2v) is 6.11. The van der Waals surface area contributed by atoms with Gasteiger partial charge >= 0.3 is 11.8 Å². The van der Waals surface area contributed by atoms with Crippen LogP contribution in [0, 0.1) is 19.7 Å². The van der Waals surface area contributed by atoms with Crippen LogP contribution in [0.25, 0.3) is 0 Å². The fourth-order valence-corrected chi connectivity index (χ4v) is 2.41. The van der Waals surface area contributed by atoms with E-state index in [1.807, 2.05) is 41.5 Å². The summed E-state index contributed by atoms with van der Waals surface area (Å²) in [6, 6.07) is 2.99. The number of halogens is 1. The first kappa shape index (κ1) is 18.1. The second-order valence-electron chi connectivity index (χ2n) is 6.11. The molecule has 0 saturated heterocycles. The van der Waals surface area contributed by atoms with Gasteiger partial charge in [-0.25, -0.2) is 4.39 Å². The molecule has 0 aliphatic heterocycles. The first-order valence-corrected chi connectivity index (χ1v) is 7.51. The molecule has 0 spiro atoms. The quantitative estimate of drug-likeness (QED) is 0.870. The molecule has 2 amide bonds. The fraction of sp³-hybridized carbons (Fsp3) is 0.529. The Balaban J connectivity index is 2.78. The van der Waals surface area contributed by atoms with Crippen molar-refractivity contribution < 1.29 is 14.0 Å². The largest absolute Gasteiger partial charge is 0.344 e. The summed E-state index contributed by atoms with van der Waals surface area (Å²) in [6.45, 7) is 11.1. The van der Waals surface area contributed by atoms with Gasteiger partial charge in [-0.2, -0.15) is 0 Å². The van der Waals surface area contributed by atoms with Crippen molar-refractivity contribution in [1.82, 2.24) is 10.2 Å². The number of aryl methyl sites for hydroxylation is 2. The lowest BCUT2D eigenvalue weighted by Gasteiger charge is -2.30. The summed E-state index contributed by atoms with van der Waals surface area (Å²) in [4.78, 5) is 25.7. The van der Waals surface area contributed by atoms with Crippen LogP contribution in [0.2, 0.25) is 0 Å². The Morgan fingerprint density at radius 3 is 2.09 bits per heavy atom. The standard InChI is InChI=1S/C17H25FN2O2/c1-10(2)20(11(3)4)17(22)16(21)19-9-14-7-12(5)13(6)8-15(14)18/h7-8,10-11H,9H2,1-6H3,(H,19,21). The number of nitrogens with zero attached hydrogens (tertiary/aromatic N) is 1. The zero-order chi connectivity index (χ0) is 17.0. The van der Waals surface area contributed by atoms with E-state index in [1.54, 1.807) is 6.07 Å². The fourth-order valence-electron chi connectivity index (χ4n) is 2.41. The van der Waals surface area contributed by atoms with Crippen LogP contribution in [0.5, 0.6) is 0 Å². The Labute approximate surface area is 131 Å². The van der Waals surface area contributed by atoms with Crippen LogP contribution in [0.1, 0.15) is 44.4 Å². The van der Waals surface area contributed by atoms with Crippen molar-refractivity contribution in [3.63, 3.8) is 0 Å². The topological polar surface area (TPSA) is 49.4 Å². The molecule has 5 heteroatoms. The van der Waals surface area contributed by atoms with E-state index in [1.165, 1.54) is 11.0 Å². The highest BCUT2D eigenvalue weighted by Gasteiger charge is 2.26. The molecule has 1 aromatic rings. The molecule has 1 aromatic carbocycles. The van der Waals surface area contributed by atoms with Gasteiger partial charge in [0.25, 0.3) is 0 Å².